The van der Waals surface area contributed by atoms with E-state index in [4.69, 9.17) is 16.3 Å². The Labute approximate surface area is 121 Å². The van der Waals surface area contributed by atoms with Crippen LogP contribution in [0.5, 0.6) is 5.75 Å². The summed E-state index contributed by atoms with van der Waals surface area (Å²) >= 11 is 7.57. The number of hydrogen-bond acceptors (Lipinski definition) is 5. The van der Waals surface area contributed by atoms with Crippen molar-refractivity contribution < 1.29 is 4.74 Å². The Morgan fingerprint density at radius 2 is 2.32 bits per heavy atom. The molecule has 0 radical (unpaired) electrons. The van der Waals surface area contributed by atoms with E-state index in [-0.39, 0.29) is 6.10 Å². The van der Waals surface area contributed by atoms with E-state index >= 15 is 0 Å². The maximum Gasteiger partial charge on any atom is 0.208 e. The second-order valence-electron chi connectivity index (χ2n) is 4.54. The molecule has 0 spiro atoms. The van der Waals surface area contributed by atoms with Crippen LogP contribution >= 0.6 is 22.9 Å². The molecule has 6 heteroatoms. The van der Waals surface area contributed by atoms with Gasteiger partial charge in [-0.3, -0.25) is 0 Å². The van der Waals surface area contributed by atoms with Gasteiger partial charge in [0, 0.05) is 18.0 Å². The Morgan fingerprint density at radius 1 is 1.42 bits per heavy atom. The smallest absolute Gasteiger partial charge is 0.208 e. The quantitative estimate of drug-likeness (QED) is 0.872. The van der Waals surface area contributed by atoms with E-state index in [9.17, 15) is 0 Å². The summed E-state index contributed by atoms with van der Waals surface area (Å²) in [6.07, 6.45) is 1.17. The fourth-order valence-corrected chi connectivity index (χ4v) is 3.05. The molecule has 1 saturated heterocycles. The Morgan fingerprint density at radius 3 is 3.05 bits per heavy atom. The SMILES string of the molecule is Cc1nnc(N2CCC(Oc3cccc(Cl)c3)C2)s1. The summed E-state index contributed by atoms with van der Waals surface area (Å²) in [5.41, 5.74) is 0. The van der Waals surface area contributed by atoms with Crippen molar-refractivity contribution in [1.29, 1.82) is 0 Å². The van der Waals surface area contributed by atoms with Crippen molar-refractivity contribution in [2.45, 2.75) is 19.4 Å². The molecule has 0 N–H and O–H groups in total. The van der Waals surface area contributed by atoms with Gasteiger partial charge >= 0.3 is 0 Å². The highest BCUT2D eigenvalue weighted by Gasteiger charge is 2.26. The van der Waals surface area contributed by atoms with E-state index in [1.165, 1.54) is 0 Å². The fourth-order valence-electron chi connectivity index (χ4n) is 2.14. The maximum absolute atomic E-state index is 5.95. The summed E-state index contributed by atoms with van der Waals surface area (Å²) in [7, 11) is 0. The molecule has 2 heterocycles. The van der Waals surface area contributed by atoms with Crippen molar-refractivity contribution >= 4 is 28.1 Å². The van der Waals surface area contributed by atoms with Gasteiger partial charge in [0.15, 0.2) is 0 Å². The molecule has 1 atom stereocenters. The number of rotatable bonds is 3. The molecule has 0 aliphatic carbocycles. The van der Waals surface area contributed by atoms with E-state index in [0.717, 1.165) is 35.4 Å². The zero-order valence-corrected chi connectivity index (χ0v) is 12.1. The first kappa shape index (κ1) is 12.7. The van der Waals surface area contributed by atoms with E-state index in [2.05, 4.69) is 15.1 Å². The second-order valence-corrected chi connectivity index (χ2v) is 6.13. The summed E-state index contributed by atoms with van der Waals surface area (Å²) in [6.45, 7) is 3.78. The third kappa shape index (κ3) is 2.98. The van der Waals surface area contributed by atoms with Crippen LogP contribution in [-0.4, -0.2) is 29.4 Å². The van der Waals surface area contributed by atoms with Crippen molar-refractivity contribution in [2.24, 2.45) is 0 Å². The molecule has 3 rings (SSSR count). The molecular formula is C13H14ClN3OS. The van der Waals surface area contributed by atoms with E-state index in [0.29, 0.717) is 5.02 Å². The lowest BCUT2D eigenvalue weighted by atomic mass is 10.3. The fraction of sp³-hybridized carbons (Fsp3) is 0.385. The van der Waals surface area contributed by atoms with E-state index in [1.807, 2.05) is 31.2 Å². The average molecular weight is 296 g/mol. The van der Waals surface area contributed by atoms with Gasteiger partial charge in [-0.25, -0.2) is 0 Å². The number of aryl methyl sites for hydroxylation is 1. The van der Waals surface area contributed by atoms with Crippen molar-refractivity contribution in [3.8, 4) is 5.75 Å². The molecule has 1 aromatic heterocycles. The predicted octanol–water partition coefficient (Wildman–Crippen LogP) is 3.16. The highest BCUT2D eigenvalue weighted by Crippen LogP contribution is 2.26. The van der Waals surface area contributed by atoms with Gasteiger partial charge in [0.2, 0.25) is 5.13 Å². The van der Waals surface area contributed by atoms with Crippen LogP contribution in [-0.2, 0) is 0 Å². The molecule has 1 aromatic carbocycles. The minimum absolute atomic E-state index is 0.183. The first-order chi connectivity index (χ1) is 9.20. The molecule has 100 valence electrons. The lowest BCUT2D eigenvalue weighted by Gasteiger charge is -2.15. The van der Waals surface area contributed by atoms with Crippen LogP contribution in [0.25, 0.3) is 0 Å². The lowest BCUT2D eigenvalue weighted by molar-refractivity contribution is 0.225. The number of anilines is 1. The monoisotopic (exact) mass is 295 g/mol. The summed E-state index contributed by atoms with van der Waals surface area (Å²) < 4.78 is 5.94. The van der Waals surface area contributed by atoms with Gasteiger partial charge in [-0.2, -0.15) is 0 Å². The Bertz CT molecular complexity index is 575. The molecule has 0 amide bonds. The van der Waals surface area contributed by atoms with Crippen molar-refractivity contribution in [3.05, 3.63) is 34.3 Å². The second kappa shape index (κ2) is 5.35. The first-order valence-electron chi connectivity index (χ1n) is 6.18. The minimum atomic E-state index is 0.183. The van der Waals surface area contributed by atoms with Crippen molar-refractivity contribution in [1.82, 2.24) is 10.2 Å². The van der Waals surface area contributed by atoms with Crippen LogP contribution in [0.2, 0.25) is 5.02 Å². The third-order valence-corrected chi connectivity index (χ3v) is 4.16. The summed E-state index contributed by atoms with van der Waals surface area (Å²) in [4.78, 5) is 2.22. The van der Waals surface area contributed by atoms with E-state index in [1.54, 1.807) is 11.3 Å². The van der Waals surface area contributed by atoms with Gasteiger partial charge in [-0.05, 0) is 25.1 Å². The Hall–Kier alpha value is -1.33. The van der Waals surface area contributed by atoms with Gasteiger partial charge < -0.3 is 9.64 Å². The third-order valence-electron chi connectivity index (χ3n) is 3.03. The molecular weight excluding hydrogens is 282 g/mol. The standard InChI is InChI=1S/C13H14ClN3OS/c1-9-15-16-13(19-9)17-6-5-12(8-17)18-11-4-2-3-10(14)7-11/h2-4,7,12H,5-6,8H2,1H3. The number of aromatic nitrogens is 2. The summed E-state index contributed by atoms with van der Waals surface area (Å²) in [6, 6.07) is 7.53. The number of benzene rings is 1. The molecule has 1 fully saturated rings. The number of hydrogen-bond donors (Lipinski definition) is 0. The van der Waals surface area contributed by atoms with Gasteiger partial charge in [-0.1, -0.05) is 29.0 Å². The lowest BCUT2D eigenvalue weighted by Crippen LogP contribution is -2.24. The van der Waals surface area contributed by atoms with Crippen LogP contribution in [0.1, 0.15) is 11.4 Å². The van der Waals surface area contributed by atoms with Crippen molar-refractivity contribution in [3.63, 3.8) is 0 Å². The first-order valence-corrected chi connectivity index (χ1v) is 7.37. The zero-order chi connectivity index (χ0) is 13.2. The zero-order valence-electron chi connectivity index (χ0n) is 10.5. The number of halogens is 1. The average Bonchev–Trinajstić information content (AvgIpc) is 2.98. The number of ether oxygens (including phenoxy) is 1. The van der Waals surface area contributed by atoms with Crippen LogP contribution in [0.15, 0.2) is 24.3 Å². The minimum Gasteiger partial charge on any atom is -0.488 e. The molecule has 1 aliphatic heterocycles. The Balaban J connectivity index is 1.63. The molecule has 1 unspecified atom stereocenters. The van der Waals surface area contributed by atoms with E-state index < -0.39 is 0 Å². The molecule has 4 nitrogen and oxygen atoms in total. The highest BCUT2D eigenvalue weighted by molar-refractivity contribution is 7.15. The molecule has 0 bridgehead atoms. The van der Waals surface area contributed by atoms with Crippen LogP contribution in [0.4, 0.5) is 5.13 Å². The molecule has 1 aliphatic rings. The summed E-state index contributed by atoms with van der Waals surface area (Å²) in [5.74, 6) is 0.827. The Kier molecular flexibility index (Phi) is 3.57. The topological polar surface area (TPSA) is 38.2 Å². The number of nitrogens with zero attached hydrogens (tertiary/aromatic N) is 3. The maximum atomic E-state index is 5.95. The van der Waals surface area contributed by atoms with Crippen LogP contribution in [0.3, 0.4) is 0 Å². The summed E-state index contributed by atoms with van der Waals surface area (Å²) in [5, 5.41) is 10.9. The van der Waals surface area contributed by atoms with Crippen molar-refractivity contribution in [2.75, 3.05) is 18.0 Å². The normalized spacial score (nSPS) is 18.8. The largest absolute Gasteiger partial charge is 0.488 e. The molecule has 2 aromatic rings. The highest BCUT2D eigenvalue weighted by atomic mass is 35.5. The van der Waals surface area contributed by atoms with Crippen LogP contribution in [0, 0.1) is 6.92 Å². The van der Waals surface area contributed by atoms with Gasteiger partial charge in [0.25, 0.3) is 0 Å². The predicted molar refractivity (Wildman–Crippen MR) is 77.3 cm³/mol. The van der Waals surface area contributed by atoms with Crippen LogP contribution < -0.4 is 9.64 Å². The molecule has 0 saturated carbocycles. The van der Waals surface area contributed by atoms with Gasteiger partial charge in [0.05, 0.1) is 6.54 Å². The van der Waals surface area contributed by atoms with Gasteiger partial charge in [-0.15, -0.1) is 10.2 Å². The van der Waals surface area contributed by atoms with Gasteiger partial charge in [0.1, 0.15) is 16.9 Å². The molecule has 19 heavy (non-hydrogen) atoms.